The fourth-order valence-corrected chi connectivity index (χ4v) is 4.41. The van der Waals surface area contributed by atoms with Gasteiger partial charge in [0.25, 0.3) is 0 Å². The second kappa shape index (κ2) is 8.90. The number of aryl methyl sites for hydroxylation is 2. The van der Waals surface area contributed by atoms with Crippen LogP contribution >= 0.6 is 23.4 Å². The number of aromatic nitrogens is 4. The molecule has 0 unspecified atom stereocenters. The third-order valence-corrected chi connectivity index (χ3v) is 6.09. The molecule has 5 nitrogen and oxygen atoms in total. The topological polar surface area (TPSA) is 63.6 Å². The molecular formula is C23H21ClN4OS. The van der Waals surface area contributed by atoms with Crippen LogP contribution in [-0.4, -0.2) is 31.3 Å². The van der Waals surface area contributed by atoms with Crippen LogP contribution in [-0.2, 0) is 6.54 Å². The van der Waals surface area contributed by atoms with Gasteiger partial charge in [0.1, 0.15) is 0 Å². The third-order valence-electron chi connectivity index (χ3n) is 4.80. The zero-order valence-electron chi connectivity index (χ0n) is 16.7. The highest BCUT2D eigenvalue weighted by molar-refractivity contribution is 7.99. The summed E-state index contributed by atoms with van der Waals surface area (Å²) in [7, 11) is 0. The number of Topliss-reactive ketones (excluding diaryl/α,β-unsaturated/α-hetero) is 1. The van der Waals surface area contributed by atoms with E-state index in [4.69, 9.17) is 11.6 Å². The van der Waals surface area contributed by atoms with Crippen LogP contribution in [0.15, 0.2) is 65.8 Å². The van der Waals surface area contributed by atoms with Crippen molar-refractivity contribution >= 4 is 29.1 Å². The molecule has 0 bridgehead atoms. The number of hydrogen-bond acceptors (Lipinski definition) is 4. The number of rotatable bonds is 7. The summed E-state index contributed by atoms with van der Waals surface area (Å²) in [6.07, 6.45) is 0. The lowest BCUT2D eigenvalue weighted by Gasteiger charge is -2.11. The van der Waals surface area contributed by atoms with Gasteiger partial charge in [-0.15, -0.1) is 10.2 Å². The number of halogens is 1. The molecule has 7 heteroatoms. The normalized spacial score (nSPS) is 11.0. The lowest BCUT2D eigenvalue weighted by Crippen LogP contribution is -2.07. The van der Waals surface area contributed by atoms with Crippen molar-refractivity contribution < 1.29 is 4.79 Å². The van der Waals surface area contributed by atoms with Gasteiger partial charge in [-0.1, -0.05) is 65.8 Å². The Morgan fingerprint density at radius 2 is 1.80 bits per heavy atom. The van der Waals surface area contributed by atoms with Gasteiger partial charge in [-0.3, -0.25) is 9.36 Å². The highest BCUT2D eigenvalue weighted by Crippen LogP contribution is 2.30. The molecule has 4 rings (SSSR count). The average molecular weight is 437 g/mol. The Bertz CT molecular complexity index is 1180. The molecule has 0 saturated heterocycles. The molecule has 2 aromatic heterocycles. The van der Waals surface area contributed by atoms with Crippen LogP contribution in [0.1, 0.15) is 27.3 Å². The number of nitrogens with zero attached hydrogens (tertiary/aromatic N) is 3. The maximum atomic E-state index is 12.7. The van der Waals surface area contributed by atoms with Crippen molar-refractivity contribution in [2.75, 3.05) is 5.75 Å². The lowest BCUT2D eigenvalue weighted by atomic mass is 10.2. The number of carbonyl (C=O) groups excluding carboxylic acids is 1. The van der Waals surface area contributed by atoms with Crippen molar-refractivity contribution in [2.24, 2.45) is 0 Å². The van der Waals surface area contributed by atoms with Gasteiger partial charge < -0.3 is 4.98 Å². The summed E-state index contributed by atoms with van der Waals surface area (Å²) in [5, 5.41) is 10.1. The molecule has 0 saturated carbocycles. The second-order valence-electron chi connectivity index (χ2n) is 7.06. The Morgan fingerprint density at radius 3 is 2.50 bits per heavy atom. The van der Waals surface area contributed by atoms with Crippen LogP contribution < -0.4 is 0 Å². The predicted molar refractivity (Wildman–Crippen MR) is 121 cm³/mol. The van der Waals surface area contributed by atoms with Crippen LogP contribution in [0.2, 0.25) is 5.02 Å². The van der Waals surface area contributed by atoms with Gasteiger partial charge >= 0.3 is 0 Å². The van der Waals surface area contributed by atoms with Gasteiger partial charge in [0.05, 0.1) is 17.3 Å². The summed E-state index contributed by atoms with van der Waals surface area (Å²) >= 11 is 7.82. The first kappa shape index (κ1) is 20.4. The molecule has 0 aliphatic carbocycles. The van der Waals surface area contributed by atoms with Crippen molar-refractivity contribution in [3.05, 3.63) is 88.2 Å². The van der Waals surface area contributed by atoms with E-state index in [1.165, 1.54) is 11.8 Å². The molecule has 0 atom stereocenters. The molecule has 1 N–H and O–H groups in total. The third kappa shape index (κ3) is 4.35. The number of aromatic amines is 1. The largest absolute Gasteiger partial charge is 0.362 e. The van der Waals surface area contributed by atoms with Crippen molar-refractivity contribution in [1.29, 1.82) is 0 Å². The highest BCUT2D eigenvalue weighted by Gasteiger charge is 2.19. The second-order valence-corrected chi connectivity index (χ2v) is 8.41. The first-order valence-electron chi connectivity index (χ1n) is 9.57. The summed E-state index contributed by atoms with van der Waals surface area (Å²) < 4.78 is 2.02. The maximum absolute atomic E-state index is 12.7. The van der Waals surface area contributed by atoms with E-state index in [0.717, 1.165) is 28.1 Å². The number of benzene rings is 2. The molecule has 30 heavy (non-hydrogen) atoms. The van der Waals surface area contributed by atoms with Crippen LogP contribution in [0.25, 0.3) is 11.4 Å². The van der Waals surface area contributed by atoms with Crippen LogP contribution in [0, 0.1) is 13.8 Å². The smallest absolute Gasteiger partial charge is 0.192 e. The SMILES string of the molecule is Cc1cc(C(=O)CSc2nnc(-c3ccccc3Cl)n2Cc2ccccc2)c(C)[nH]1. The Labute approximate surface area is 184 Å². The van der Waals surface area contributed by atoms with Crippen LogP contribution in [0.5, 0.6) is 0 Å². The molecule has 4 aromatic rings. The number of ketones is 1. The molecule has 0 radical (unpaired) electrons. The quantitative estimate of drug-likeness (QED) is 0.304. The number of H-pyrrole nitrogens is 1. The minimum absolute atomic E-state index is 0.0652. The Kier molecular flexibility index (Phi) is 6.06. The highest BCUT2D eigenvalue weighted by atomic mass is 35.5. The summed E-state index contributed by atoms with van der Waals surface area (Å²) in [5.74, 6) is 1.04. The van der Waals surface area contributed by atoms with Crippen LogP contribution in [0.3, 0.4) is 0 Å². The Balaban J connectivity index is 1.65. The average Bonchev–Trinajstić information content (AvgIpc) is 3.29. The van der Waals surface area contributed by atoms with E-state index < -0.39 is 0 Å². The zero-order chi connectivity index (χ0) is 21.1. The van der Waals surface area contributed by atoms with E-state index in [1.54, 1.807) is 0 Å². The number of carbonyl (C=O) groups is 1. The first-order chi connectivity index (χ1) is 14.5. The number of nitrogens with one attached hydrogen (secondary N) is 1. The molecule has 0 aliphatic heterocycles. The summed E-state index contributed by atoms with van der Waals surface area (Å²) in [4.78, 5) is 15.9. The van der Waals surface area contributed by atoms with Gasteiger partial charge in [-0.2, -0.15) is 0 Å². The van der Waals surface area contributed by atoms with Gasteiger partial charge in [0.15, 0.2) is 16.8 Å². The maximum Gasteiger partial charge on any atom is 0.192 e. The van der Waals surface area contributed by atoms with Gasteiger partial charge in [-0.25, -0.2) is 0 Å². The van der Waals surface area contributed by atoms with Crippen molar-refractivity contribution in [3.63, 3.8) is 0 Å². The molecule has 0 amide bonds. The minimum atomic E-state index is 0.0652. The van der Waals surface area contributed by atoms with Crippen molar-refractivity contribution in [2.45, 2.75) is 25.5 Å². The van der Waals surface area contributed by atoms with Gasteiger partial charge in [0, 0.05) is 22.5 Å². The predicted octanol–water partition coefficient (Wildman–Crippen LogP) is 5.57. The molecule has 0 aliphatic rings. The van der Waals surface area contributed by atoms with Crippen molar-refractivity contribution in [3.8, 4) is 11.4 Å². The zero-order valence-corrected chi connectivity index (χ0v) is 18.3. The number of hydrogen-bond donors (Lipinski definition) is 1. The van der Waals surface area contributed by atoms with Crippen molar-refractivity contribution in [1.82, 2.24) is 19.7 Å². The lowest BCUT2D eigenvalue weighted by molar-refractivity contribution is 0.102. The molecular weight excluding hydrogens is 416 g/mol. The van der Waals surface area contributed by atoms with E-state index in [2.05, 4.69) is 27.3 Å². The molecule has 2 aromatic carbocycles. The molecule has 152 valence electrons. The Morgan fingerprint density at radius 1 is 1.07 bits per heavy atom. The molecule has 0 fully saturated rings. The first-order valence-corrected chi connectivity index (χ1v) is 10.9. The standard InChI is InChI=1S/C23H21ClN4OS/c1-15-12-19(16(2)25-15)21(29)14-30-23-27-26-22(18-10-6-7-11-20(18)24)28(23)13-17-8-4-3-5-9-17/h3-12,25H,13-14H2,1-2H3. The van der Waals surface area contributed by atoms with E-state index in [0.29, 0.717) is 22.5 Å². The molecule has 0 spiro atoms. The minimum Gasteiger partial charge on any atom is -0.362 e. The van der Waals surface area contributed by atoms with Gasteiger partial charge in [-0.05, 0) is 37.6 Å². The van der Waals surface area contributed by atoms with E-state index >= 15 is 0 Å². The summed E-state index contributed by atoms with van der Waals surface area (Å²) in [6.45, 7) is 4.45. The molecule has 2 heterocycles. The van der Waals surface area contributed by atoms with Gasteiger partial charge in [0.2, 0.25) is 0 Å². The fraction of sp³-hybridized carbons (Fsp3) is 0.174. The van der Waals surface area contributed by atoms with E-state index in [1.807, 2.05) is 66.9 Å². The summed E-state index contributed by atoms with van der Waals surface area (Å²) in [6, 6.07) is 19.6. The Hall–Kier alpha value is -2.83. The summed E-state index contributed by atoms with van der Waals surface area (Å²) in [5.41, 5.74) is 4.53. The van der Waals surface area contributed by atoms with E-state index in [9.17, 15) is 4.79 Å². The fourth-order valence-electron chi connectivity index (χ4n) is 3.37. The number of thioether (sulfide) groups is 1. The van der Waals surface area contributed by atoms with Crippen LogP contribution in [0.4, 0.5) is 0 Å². The van der Waals surface area contributed by atoms with E-state index in [-0.39, 0.29) is 11.5 Å². The monoisotopic (exact) mass is 436 g/mol.